The number of fused-ring (bicyclic) bond motifs is 1. The average molecular weight is 263 g/mol. The molecule has 1 fully saturated rings. The summed E-state index contributed by atoms with van der Waals surface area (Å²) >= 11 is 0. The molecule has 3 N–H and O–H groups in total. The molecule has 19 heavy (non-hydrogen) atoms. The van der Waals surface area contributed by atoms with E-state index in [0.29, 0.717) is 0 Å². The van der Waals surface area contributed by atoms with Gasteiger partial charge in [0.2, 0.25) is 5.91 Å². The number of carbonyl (C=O) groups is 1. The molecule has 104 valence electrons. The maximum atomic E-state index is 12.2. The normalized spacial score (nSPS) is 23.3. The third-order valence-electron chi connectivity index (χ3n) is 3.94. The quantitative estimate of drug-likeness (QED) is 0.704. The van der Waals surface area contributed by atoms with Gasteiger partial charge in [-0.05, 0) is 25.9 Å². The second-order valence-corrected chi connectivity index (χ2v) is 5.24. The first-order chi connectivity index (χ1) is 9.34. The van der Waals surface area contributed by atoms with E-state index < -0.39 is 0 Å². The van der Waals surface area contributed by atoms with E-state index >= 15 is 0 Å². The largest absolute Gasteiger partial charge is 0.353 e. The van der Waals surface area contributed by atoms with Crippen molar-refractivity contribution in [2.45, 2.75) is 25.3 Å². The van der Waals surface area contributed by atoms with Crippen LogP contribution in [0.1, 0.15) is 30.3 Å². The van der Waals surface area contributed by atoms with Crippen molar-refractivity contribution in [2.24, 2.45) is 0 Å². The van der Waals surface area contributed by atoms with Gasteiger partial charge >= 0.3 is 0 Å². The Bertz CT molecular complexity index is 438. The molecule has 6 heteroatoms. The highest BCUT2D eigenvalue weighted by molar-refractivity contribution is 5.83. The van der Waals surface area contributed by atoms with Crippen molar-refractivity contribution in [3.63, 3.8) is 0 Å². The maximum absolute atomic E-state index is 12.2. The van der Waals surface area contributed by atoms with E-state index in [-0.39, 0.29) is 11.9 Å². The SMILES string of the molecule is O=C(NCCN1CCCC1)[C@H]1NCCc2[nH]cnc21. The van der Waals surface area contributed by atoms with Crippen molar-refractivity contribution in [2.75, 3.05) is 32.7 Å². The van der Waals surface area contributed by atoms with Crippen LogP contribution in [0.3, 0.4) is 0 Å². The first-order valence-corrected chi connectivity index (χ1v) is 7.10. The zero-order valence-electron chi connectivity index (χ0n) is 11.1. The summed E-state index contributed by atoms with van der Waals surface area (Å²) in [6.07, 6.45) is 5.15. The van der Waals surface area contributed by atoms with Crippen LogP contribution in [-0.2, 0) is 11.2 Å². The topological polar surface area (TPSA) is 73.1 Å². The number of hydrogen-bond donors (Lipinski definition) is 3. The third kappa shape index (κ3) is 2.79. The van der Waals surface area contributed by atoms with Gasteiger partial charge in [0.25, 0.3) is 0 Å². The lowest BCUT2D eigenvalue weighted by molar-refractivity contribution is -0.123. The molecular weight excluding hydrogens is 242 g/mol. The molecule has 6 nitrogen and oxygen atoms in total. The molecule has 3 heterocycles. The molecule has 0 spiro atoms. The number of aromatic nitrogens is 2. The van der Waals surface area contributed by atoms with E-state index in [1.807, 2.05) is 0 Å². The smallest absolute Gasteiger partial charge is 0.243 e. The first kappa shape index (κ1) is 12.6. The third-order valence-corrected chi connectivity index (χ3v) is 3.94. The van der Waals surface area contributed by atoms with Crippen molar-refractivity contribution in [3.8, 4) is 0 Å². The number of aromatic amines is 1. The molecule has 1 aromatic heterocycles. The lowest BCUT2D eigenvalue weighted by Gasteiger charge is -2.23. The van der Waals surface area contributed by atoms with Crippen LogP contribution in [0.2, 0.25) is 0 Å². The van der Waals surface area contributed by atoms with Crippen molar-refractivity contribution in [1.29, 1.82) is 0 Å². The number of carbonyl (C=O) groups excluding carboxylic acids is 1. The summed E-state index contributed by atoms with van der Waals surface area (Å²) in [6, 6.07) is -0.298. The molecular formula is C13H21N5O. The molecule has 2 aliphatic heterocycles. The molecule has 0 unspecified atom stereocenters. The second kappa shape index (κ2) is 5.71. The van der Waals surface area contributed by atoms with Crippen LogP contribution in [0, 0.1) is 0 Å². The molecule has 1 aromatic rings. The first-order valence-electron chi connectivity index (χ1n) is 7.10. The minimum absolute atomic E-state index is 0.0345. The number of rotatable bonds is 4. The minimum Gasteiger partial charge on any atom is -0.353 e. The van der Waals surface area contributed by atoms with Crippen molar-refractivity contribution >= 4 is 5.91 Å². The van der Waals surface area contributed by atoms with Gasteiger partial charge in [-0.3, -0.25) is 4.79 Å². The van der Waals surface area contributed by atoms with Gasteiger partial charge < -0.3 is 20.5 Å². The number of imidazole rings is 1. The number of nitrogens with one attached hydrogen (secondary N) is 3. The van der Waals surface area contributed by atoms with Crippen LogP contribution in [0.5, 0.6) is 0 Å². The summed E-state index contributed by atoms with van der Waals surface area (Å²) in [6.45, 7) is 4.82. The molecule has 0 bridgehead atoms. The second-order valence-electron chi connectivity index (χ2n) is 5.24. The van der Waals surface area contributed by atoms with E-state index in [0.717, 1.165) is 37.4 Å². The van der Waals surface area contributed by atoms with Gasteiger partial charge in [0.15, 0.2) is 0 Å². The Morgan fingerprint density at radius 1 is 1.47 bits per heavy atom. The number of amides is 1. The number of nitrogens with zero attached hydrogens (tertiary/aromatic N) is 2. The van der Waals surface area contributed by atoms with Gasteiger partial charge in [0.05, 0.1) is 12.0 Å². The van der Waals surface area contributed by atoms with E-state index in [9.17, 15) is 4.79 Å². The summed E-state index contributed by atoms with van der Waals surface area (Å²) < 4.78 is 0. The van der Waals surface area contributed by atoms with Crippen LogP contribution >= 0.6 is 0 Å². The van der Waals surface area contributed by atoms with Crippen molar-refractivity contribution in [3.05, 3.63) is 17.7 Å². The van der Waals surface area contributed by atoms with Crippen LogP contribution in [0.25, 0.3) is 0 Å². The number of likely N-dealkylation sites (tertiary alicyclic amines) is 1. The minimum atomic E-state index is -0.298. The zero-order chi connectivity index (χ0) is 13.1. The van der Waals surface area contributed by atoms with E-state index in [1.54, 1.807) is 6.33 Å². The average Bonchev–Trinajstić information content (AvgIpc) is 3.08. The Labute approximate surface area is 113 Å². The summed E-state index contributed by atoms with van der Waals surface area (Å²) in [5.74, 6) is 0.0345. The van der Waals surface area contributed by atoms with E-state index in [4.69, 9.17) is 0 Å². The van der Waals surface area contributed by atoms with Crippen LogP contribution in [0.15, 0.2) is 6.33 Å². The monoisotopic (exact) mass is 263 g/mol. The van der Waals surface area contributed by atoms with Crippen LogP contribution in [-0.4, -0.2) is 53.5 Å². The molecule has 0 aliphatic carbocycles. The Morgan fingerprint density at radius 2 is 2.32 bits per heavy atom. The molecule has 3 rings (SSSR count). The molecule has 1 saturated heterocycles. The molecule has 1 atom stereocenters. The highest BCUT2D eigenvalue weighted by Gasteiger charge is 2.28. The standard InChI is InChI=1S/C13H21N5O/c19-13(15-5-8-18-6-1-2-7-18)12-11-10(3-4-14-12)16-9-17-11/h9,12,14H,1-8H2,(H,15,19)(H,16,17)/t12-/m0/s1. The van der Waals surface area contributed by atoms with E-state index in [2.05, 4.69) is 25.5 Å². The predicted octanol–water partition coefficient (Wildman–Crippen LogP) is -0.191. The van der Waals surface area contributed by atoms with Crippen molar-refractivity contribution in [1.82, 2.24) is 25.5 Å². The Balaban J connectivity index is 1.51. The fourth-order valence-electron chi connectivity index (χ4n) is 2.88. The Hall–Kier alpha value is -1.40. The molecule has 0 saturated carbocycles. The Morgan fingerprint density at radius 3 is 3.16 bits per heavy atom. The maximum Gasteiger partial charge on any atom is 0.243 e. The van der Waals surface area contributed by atoms with Gasteiger partial charge in [0, 0.05) is 31.7 Å². The molecule has 0 aromatic carbocycles. The lowest BCUT2D eigenvalue weighted by atomic mass is 10.1. The highest BCUT2D eigenvalue weighted by Crippen LogP contribution is 2.18. The fraction of sp³-hybridized carbons (Fsp3) is 0.692. The summed E-state index contributed by atoms with van der Waals surface area (Å²) in [7, 11) is 0. The zero-order valence-corrected chi connectivity index (χ0v) is 11.1. The summed E-state index contributed by atoms with van der Waals surface area (Å²) in [5.41, 5.74) is 1.93. The van der Waals surface area contributed by atoms with Gasteiger partial charge in [0.1, 0.15) is 6.04 Å². The van der Waals surface area contributed by atoms with Gasteiger partial charge in [-0.25, -0.2) is 4.98 Å². The van der Waals surface area contributed by atoms with Gasteiger partial charge in [-0.2, -0.15) is 0 Å². The number of H-pyrrole nitrogens is 1. The molecule has 0 radical (unpaired) electrons. The summed E-state index contributed by atoms with van der Waals surface area (Å²) in [4.78, 5) is 21.9. The molecule has 1 amide bonds. The van der Waals surface area contributed by atoms with Gasteiger partial charge in [-0.1, -0.05) is 0 Å². The van der Waals surface area contributed by atoms with E-state index in [1.165, 1.54) is 25.9 Å². The predicted molar refractivity (Wildman–Crippen MR) is 71.7 cm³/mol. The van der Waals surface area contributed by atoms with Crippen LogP contribution in [0.4, 0.5) is 0 Å². The fourth-order valence-corrected chi connectivity index (χ4v) is 2.88. The highest BCUT2D eigenvalue weighted by atomic mass is 16.2. The molecule has 2 aliphatic rings. The summed E-state index contributed by atoms with van der Waals surface area (Å²) in [5, 5.41) is 6.24. The van der Waals surface area contributed by atoms with Crippen LogP contribution < -0.4 is 10.6 Å². The van der Waals surface area contributed by atoms with Gasteiger partial charge in [-0.15, -0.1) is 0 Å². The number of hydrogen-bond acceptors (Lipinski definition) is 4. The lowest BCUT2D eigenvalue weighted by Crippen LogP contribution is -2.43. The Kier molecular flexibility index (Phi) is 3.79. The van der Waals surface area contributed by atoms with Crippen molar-refractivity contribution < 1.29 is 4.79 Å².